The summed E-state index contributed by atoms with van der Waals surface area (Å²) in [6, 6.07) is 6.67. The molecule has 1 fully saturated rings. The standard InChI is InChI=1S/C14H15F3N2O3/c1-22-11-5-3-2-4-10(11)18-13(21)9-6-12(20)19(7-9)8-14(15,16)17/h2-5,9H,6-8H2,1H3,(H,18,21)/t9-/m1/s1. The van der Waals surface area contributed by atoms with E-state index in [1.54, 1.807) is 24.3 Å². The Balaban J connectivity index is 2.01. The zero-order valence-electron chi connectivity index (χ0n) is 11.8. The molecule has 1 heterocycles. The molecule has 120 valence electrons. The zero-order valence-corrected chi connectivity index (χ0v) is 11.8. The van der Waals surface area contributed by atoms with E-state index in [1.807, 2.05) is 0 Å². The molecule has 1 aromatic rings. The number of nitrogens with zero attached hydrogens (tertiary/aromatic N) is 1. The third-order valence-electron chi connectivity index (χ3n) is 3.32. The number of likely N-dealkylation sites (tertiary alicyclic amines) is 1. The van der Waals surface area contributed by atoms with E-state index in [0.29, 0.717) is 16.3 Å². The summed E-state index contributed by atoms with van der Waals surface area (Å²) in [6.45, 7) is -1.57. The van der Waals surface area contributed by atoms with Gasteiger partial charge < -0.3 is 15.0 Å². The number of methoxy groups -OCH3 is 1. The summed E-state index contributed by atoms with van der Waals surface area (Å²) >= 11 is 0. The van der Waals surface area contributed by atoms with Gasteiger partial charge in [0.1, 0.15) is 12.3 Å². The molecule has 1 saturated heterocycles. The number of para-hydroxylation sites is 2. The van der Waals surface area contributed by atoms with Crippen LogP contribution in [0.4, 0.5) is 18.9 Å². The van der Waals surface area contributed by atoms with Crippen LogP contribution in [0, 0.1) is 5.92 Å². The molecule has 1 aromatic carbocycles. The lowest BCUT2D eigenvalue weighted by Gasteiger charge is -2.18. The average molecular weight is 316 g/mol. The van der Waals surface area contributed by atoms with Crippen LogP contribution in [0.1, 0.15) is 6.42 Å². The van der Waals surface area contributed by atoms with Gasteiger partial charge in [-0.2, -0.15) is 13.2 Å². The number of carbonyl (C=O) groups is 2. The molecule has 0 aromatic heterocycles. The smallest absolute Gasteiger partial charge is 0.406 e. The van der Waals surface area contributed by atoms with E-state index in [2.05, 4.69) is 5.32 Å². The highest BCUT2D eigenvalue weighted by Crippen LogP contribution is 2.27. The maximum atomic E-state index is 12.3. The van der Waals surface area contributed by atoms with E-state index in [9.17, 15) is 22.8 Å². The predicted octanol–water partition coefficient (Wildman–Crippen LogP) is 2.04. The molecule has 1 aliphatic heterocycles. The fraction of sp³-hybridized carbons (Fsp3) is 0.429. The van der Waals surface area contributed by atoms with Crippen LogP contribution in [-0.2, 0) is 9.59 Å². The molecule has 1 aliphatic rings. The molecule has 5 nitrogen and oxygen atoms in total. The minimum Gasteiger partial charge on any atom is -0.495 e. The Bertz CT molecular complexity index is 575. The molecule has 0 bridgehead atoms. The van der Waals surface area contributed by atoms with E-state index in [4.69, 9.17) is 4.74 Å². The van der Waals surface area contributed by atoms with Gasteiger partial charge in [0.05, 0.1) is 18.7 Å². The van der Waals surface area contributed by atoms with E-state index < -0.39 is 30.5 Å². The SMILES string of the molecule is COc1ccccc1NC(=O)[C@@H]1CC(=O)N(CC(F)(F)F)C1. The second kappa shape index (κ2) is 6.25. The molecule has 8 heteroatoms. The monoisotopic (exact) mass is 316 g/mol. The van der Waals surface area contributed by atoms with Gasteiger partial charge in [0.15, 0.2) is 0 Å². The van der Waals surface area contributed by atoms with E-state index in [-0.39, 0.29) is 13.0 Å². The molecule has 0 aliphatic carbocycles. The van der Waals surface area contributed by atoms with Gasteiger partial charge in [0.2, 0.25) is 11.8 Å². The summed E-state index contributed by atoms with van der Waals surface area (Å²) < 4.78 is 42.1. The van der Waals surface area contributed by atoms with Gasteiger partial charge >= 0.3 is 6.18 Å². The summed E-state index contributed by atoms with van der Waals surface area (Å²) in [5, 5.41) is 2.58. The lowest BCUT2D eigenvalue weighted by molar-refractivity contribution is -0.157. The van der Waals surface area contributed by atoms with Gasteiger partial charge in [-0.05, 0) is 12.1 Å². The van der Waals surface area contributed by atoms with Crippen molar-refractivity contribution in [1.82, 2.24) is 4.90 Å². The highest BCUT2D eigenvalue weighted by Gasteiger charge is 2.40. The van der Waals surface area contributed by atoms with Crippen molar-refractivity contribution in [2.75, 3.05) is 25.5 Å². The number of hydrogen-bond acceptors (Lipinski definition) is 3. The highest BCUT2D eigenvalue weighted by atomic mass is 19.4. The van der Waals surface area contributed by atoms with Crippen LogP contribution in [0.2, 0.25) is 0 Å². The fourth-order valence-electron chi connectivity index (χ4n) is 2.30. The molecule has 0 saturated carbocycles. The van der Waals surface area contributed by atoms with Crippen molar-refractivity contribution in [1.29, 1.82) is 0 Å². The second-order valence-electron chi connectivity index (χ2n) is 4.98. The van der Waals surface area contributed by atoms with Crippen LogP contribution in [0.5, 0.6) is 5.75 Å². The number of rotatable bonds is 4. The molecule has 22 heavy (non-hydrogen) atoms. The number of benzene rings is 1. The van der Waals surface area contributed by atoms with Gasteiger partial charge in [-0.25, -0.2) is 0 Å². The minimum atomic E-state index is -4.47. The van der Waals surface area contributed by atoms with Crippen LogP contribution in [0.25, 0.3) is 0 Å². The third kappa shape index (κ3) is 3.90. The van der Waals surface area contributed by atoms with Crippen molar-refractivity contribution in [3.63, 3.8) is 0 Å². The molecule has 0 unspecified atom stereocenters. The van der Waals surface area contributed by atoms with E-state index >= 15 is 0 Å². The minimum absolute atomic E-state index is 0.225. The van der Waals surface area contributed by atoms with Gasteiger partial charge in [-0.15, -0.1) is 0 Å². The molecule has 0 spiro atoms. The van der Waals surface area contributed by atoms with Crippen molar-refractivity contribution in [2.24, 2.45) is 5.92 Å². The summed E-state index contributed by atoms with van der Waals surface area (Å²) in [4.78, 5) is 24.3. The first kappa shape index (κ1) is 16.1. The summed E-state index contributed by atoms with van der Waals surface area (Å²) in [7, 11) is 1.44. The summed E-state index contributed by atoms with van der Waals surface area (Å²) in [5.74, 6) is -1.54. The number of halogens is 3. The van der Waals surface area contributed by atoms with Crippen LogP contribution in [-0.4, -0.2) is 43.1 Å². The molecule has 2 amide bonds. The van der Waals surface area contributed by atoms with Crippen molar-refractivity contribution >= 4 is 17.5 Å². The first-order valence-electron chi connectivity index (χ1n) is 6.58. The number of ether oxygens (including phenoxy) is 1. The van der Waals surface area contributed by atoms with Gasteiger partial charge in [-0.3, -0.25) is 9.59 Å². The fourth-order valence-corrected chi connectivity index (χ4v) is 2.30. The molecule has 1 N–H and O–H groups in total. The lowest BCUT2D eigenvalue weighted by Crippen LogP contribution is -2.36. The first-order valence-corrected chi connectivity index (χ1v) is 6.58. The maximum absolute atomic E-state index is 12.3. The van der Waals surface area contributed by atoms with Crippen molar-refractivity contribution in [3.05, 3.63) is 24.3 Å². The topological polar surface area (TPSA) is 58.6 Å². The summed E-state index contributed by atoms with van der Waals surface area (Å²) in [6.07, 6.45) is -4.69. The largest absolute Gasteiger partial charge is 0.495 e. The van der Waals surface area contributed by atoms with E-state index in [1.165, 1.54) is 7.11 Å². The average Bonchev–Trinajstić information content (AvgIpc) is 2.79. The van der Waals surface area contributed by atoms with Crippen molar-refractivity contribution < 1.29 is 27.5 Å². The van der Waals surface area contributed by atoms with Crippen LogP contribution >= 0.6 is 0 Å². The molecule has 0 radical (unpaired) electrons. The quantitative estimate of drug-likeness (QED) is 0.925. The first-order chi connectivity index (χ1) is 10.3. The Kier molecular flexibility index (Phi) is 4.58. The lowest BCUT2D eigenvalue weighted by atomic mass is 10.1. The summed E-state index contributed by atoms with van der Waals surface area (Å²) in [5.41, 5.74) is 0.414. The Morgan fingerprint density at radius 1 is 1.41 bits per heavy atom. The van der Waals surface area contributed by atoms with E-state index in [0.717, 1.165) is 0 Å². The number of carbonyl (C=O) groups excluding carboxylic acids is 2. The van der Waals surface area contributed by atoms with Crippen LogP contribution < -0.4 is 10.1 Å². The third-order valence-corrected chi connectivity index (χ3v) is 3.32. The van der Waals surface area contributed by atoms with Gasteiger partial charge in [-0.1, -0.05) is 12.1 Å². The highest BCUT2D eigenvalue weighted by molar-refractivity contribution is 5.98. The molecule has 1 atom stereocenters. The van der Waals surface area contributed by atoms with Crippen molar-refractivity contribution in [3.8, 4) is 5.75 Å². The number of nitrogens with one attached hydrogen (secondary N) is 1. The van der Waals surface area contributed by atoms with Gasteiger partial charge in [0, 0.05) is 13.0 Å². The number of alkyl halides is 3. The Morgan fingerprint density at radius 2 is 2.09 bits per heavy atom. The van der Waals surface area contributed by atoms with Crippen molar-refractivity contribution in [2.45, 2.75) is 12.6 Å². The normalized spacial score (nSPS) is 18.5. The number of hydrogen-bond donors (Lipinski definition) is 1. The Labute approximate surface area is 125 Å². The zero-order chi connectivity index (χ0) is 16.3. The number of anilines is 1. The van der Waals surface area contributed by atoms with Crippen LogP contribution in [0.15, 0.2) is 24.3 Å². The number of amides is 2. The maximum Gasteiger partial charge on any atom is 0.406 e. The predicted molar refractivity (Wildman–Crippen MR) is 72.4 cm³/mol. The second-order valence-corrected chi connectivity index (χ2v) is 4.98. The Morgan fingerprint density at radius 3 is 2.73 bits per heavy atom. The molecular weight excluding hydrogens is 301 g/mol. The Hall–Kier alpha value is -2.25. The molecule has 2 rings (SSSR count). The molecular formula is C14H15F3N2O3. The van der Waals surface area contributed by atoms with Gasteiger partial charge in [0.25, 0.3) is 0 Å². The van der Waals surface area contributed by atoms with Crippen LogP contribution in [0.3, 0.4) is 0 Å².